The van der Waals surface area contributed by atoms with Crippen molar-refractivity contribution in [2.24, 2.45) is 5.73 Å². The first-order valence-electron chi connectivity index (χ1n) is 7.29. The monoisotopic (exact) mass is 223 g/mol. The van der Waals surface area contributed by atoms with Crippen LogP contribution in [0.25, 0.3) is 0 Å². The van der Waals surface area contributed by atoms with Crippen molar-refractivity contribution in [1.29, 1.82) is 0 Å². The van der Waals surface area contributed by atoms with Crippen molar-refractivity contribution in [3.8, 4) is 0 Å². The summed E-state index contributed by atoms with van der Waals surface area (Å²) < 4.78 is 0. The van der Waals surface area contributed by atoms with Crippen LogP contribution in [0.2, 0.25) is 0 Å². The number of hydrogen-bond acceptors (Lipinski definition) is 1. The summed E-state index contributed by atoms with van der Waals surface area (Å²) in [7, 11) is 0. The Hall–Kier alpha value is -0.300. The number of rotatable bonds is 8. The molecule has 0 saturated heterocycles. The van der Waals surface area contributed by atoms with Crippen molar-refractivity contribution in [3.63, 3.8) is 0 Å². The van der Waals surface area contributed by atoms with Crippen molar-refractivity contribution in [3.05, 3.63) is 11.6 Å². The van der Waals surface area contributed by atoms with Gasteiger partial charge in [0.2, 0.25) is 0 Å². The van der Waals surface area contributed by atoms with E-state index in [1.807, 2.05) is 0 Å². The molecule has 0 heterocycles. The van der Waals surface area contributed by atoms with Gasteiger partial charge in [-0.2, -0.15) is 0 Å². The van der Waals surface area contributed by atoms with Crippen LogP contribution in [-0.2, 0) is 0 Å². The minimum atomic E-state index is 0.367. The Labute approximate surface area is 101 Å². The highest BCUT2D eigenvalue weighted by Crippen LogP contribution is 2.22. The fraction of sp³-hybridized carbons (Fsp3) is 0.867. The van der Waals surface area contributed by atoms with E-state index in [9.17, 15) is 0 Å². The van der Waals surface area contributed by atoms with E-state index in [1.165, 1.54) is 70.6 Å². The topological polar surface area (TPSA) is 26.0 Å². The van der Waals surface area contributed by atoms with Crippen LogP contribution in [0.5, 0.6) is 0 Å². The van der Waals surface area contributed by atoms with Crippen LogP contribution in [0.15, 0.2) is 11.6 Å². The van der Waals surface area contributed by atoms with Crippen LogP contribution in [0.3, 0.4) is 0 Å². The standard InChI is InChI=1S/C15H29N/c1-2-3-4-5-6-10-13-15(16)14-11-8-7-9-12-14/h11,15H,2-10,12-13,16H2,1H3. The third-order valence-electron chi connectivity index (χ3n) is 3.67. The largest absolute Gasteiger partial charge is 0.324 e. The molecule has 94 valence electrons. The number of unbranched alkanes of at least 4 members (excludes halogenated alkanes) is 5. The number of hydrogen-bond donors (Lipinski definition) is 1. The third-order valence-corrected chi connectivity index (χ3v) is 3.67. The Kier molecular flexibility index (Phi) is 7.58. The molecule has 0 spiro atoms. The lowest BCUT2D eigenvalue weighted by Gasteiger charge is -2.19. The fourth-order valence-corrected chi connectivity index (χ4v) is 2.53. The van der Waals surface area contributed by atoms with Gasteiger partial charge in [-0.15, -0.1) is 0 Å². The fourth-order valence-electron chi connectivity index (χ4n) is 2.53. The van der Waals surface area contributed by atoms with Gasteiger partial charge in [-0.25, -0.2) is 0 Å². The predicted octanol–water partition coefficient (Wildman–Crippen LogP) is 4.56. The molecule has 0 aromatic heterocycles. The maximum Gasteiger partial charge on any atom is 0.0253 e. The van der Waals surface area contributed by atoms with Gasteiger partial charge in [0, 0.05) is 6.04 Å². The van der Waals surface area contributed by atoms with Crippen LogP contribution in [0.1, 0.15) is 77.6 Å². The lowest BCUT2D eigenvalue weighted by molar-refractivity contribution is 0.543. The Morgan fingerprint density at radius 2 is 1.88 bits per heavy atom. The molecule has 1 aliphatic rings. The van der Waals surface area contributed by atoms with Crippen molar-refractivity contribution in [2.75, 3.05) is 0 Å². The van der Waals surface area contributed by atoms with E-state index < -0.39 is 0 Å². The van der Waals surface area contributed by atoms with Gasteiger partial charge in [0.15, 0.2) is 0 Å². The maximum absolute atomic E-state index is 6.22. The predicted molar refractivity (Wildman–Crippen MR) is 72.5 cm³/mol. The first-order chi connectivity index (χ1) is 7.84. The van der Waals surface area contributed by atoms with E-state index in [0.29, 0.717) is 6.04 Å². The van der Waals surface area contributed by atoms with Crippen LogP contribution >= 0.6 is 0 Å². The van der Waals surface area contributed by atoms with Crippen LogP contribution in [0.4, 0.5) is 0 Å². The molecule has 0 radical (unpaired) electrons. The van der Waals surface area contributed by atoms with Crippen molar-refractivity contribution >= 4 is 0 Å². The van der Waals surface area contributed by atoms with E-state index in [4.69, 9.17) is 5.73 Å². The molecule has 1 aliphatic carbocycles. The van der Waals surface area contributed by atoms with Gasteiger partial charge in [0.1, 0.15) is 0 Å². The van der Waals surface area contributed by atoms with E-state index in [0.717, 1.165) is 0 Å². The average Bonchev–Trinajstić information content (AvgIpc) is 2.34. The lowest BCUT2D eigenvalue weighted by atomic mass is 9.91. The molecule has 16 heavy (non-hydrogen) atoms. The van der Waals surface area contributed by atoms with Crippen molar-refractivity contribution in [2.45, 2.75) is 83.6 Å². The molecule has 2 N–H and O–H groups in total. The molecule has 0 saturated carbocycles. The van der Waals surface area contributed by atoms with E-state index in [2.05, 4.69) is 13.0 Å². The van der Waals surface area contributed by atoms with Gasteiger partial charge in [0.25, 0.3) is 0 Å². The van der Waals surface area contributed by atoms with Gasteiger partial charge in [-0.05, 0) is 32.1 Å². The van der Waals surface area contributed by atoms with E-state index >= 15 is 0 Å². The van der Waals surface area contributed by atoms with Gasteiger partial charge in [0.05, 0.1) is 0 Å². The normalized spacial score (nSPS) is 18.2. The third kappa shape index (κ3) is 5.69. The molecule has 0 aliphatic heterocycles. The zero-order valence-electron chi connectivity index (χ0n) is 11.0. The molecule has 1 rings (SSSR count). The smallest absolute Gasteiger partial charge is 0.0253 e. The van der Waals surface area contributed by atoms with Gasteiger partial charge >= 0.3 is 0 Å². The molecule has 0 aromatic carbocycles. The van der Waals surface area contributed by atoms with Crippen molar-refractivity contribution in [1.82, 2.24) is 0 Å². The summed E-state index contributed by atoms with van der Waals surface area (Å²) in [6, 6.07) is 0.367. The SMILES string of the molecule is CCCCCCCCC(N)C1=CCCCC1. The second-order valence-corrected chi connectivity index (χ2v) is 5.19. The number of allylic oxidation sites excluding steroid dienone is 1. The molecular formula is C15H29N. The van der Waals surface area contributed by atoms with Gasteiger partial charge < -0.3 is 5.73 Å². The molecule has 1 atom stereocenters. The first kappa shape index (κ1) is 13.8. The summed E-state index contributed by atoms with van der Waals surface area (Å²) in [6.45, 7) is 2.27. The summed E-state index contributed by atoms with van der Waals surface area (Å²) in [5.41, 5.74) is 7.76. The minimum Gasteiger partial charge on any atom is -0.324 e. The summed E-state index contributed by atoms with van der Waals surface area (Å²) in [6.07, 6.45) is 17.1. The van der Waals surface area contributed by atoms with Crippen LogP contribution < -0.4 is 5.73 Å². The molecule has 1 unspecified atom stereocenters. The molecule has 1 nitrogen and oxygen atoms in total. The second kappa shape index (κ2) is 8.81. The minimum absolute atomic E-state index is 0.367. The molecule has 0 aromatic rings. The molecular weight excluding hydrogens is 194 g/mol. The molecule has 0 bridgehead atoms. The quantitative estimate of drug-likeness (QED) is 0.473. The maximum atomic E-state index is 6.22. The zero-order chi connectivity index (χ0) is 11.6. The molecule has 0 amide bonds. The van der Waals surface area contributed by atoms with E-state index in [-0.39, 0.29) is 0 Å². The molecule has 0 fully saturated rings. The van der Waals surface area contributed by atoms with Crippen LogP contribution in [0, 0.1) is 0 Å². The Morgan fingerprint density at radius 1 is 1.12 bits per heavy atom. The summed E-state index contributed by atoms with van der Waals surface area (Å²) in [4.78, 5) is 0. The highest BCUT2D eigenvalue weighted by atomic mass is 14.6. The van der Waals surface area contributed by atoms with Crippen molar-refractivity contribution < 1.29 is 0 Å². The Morgan fingerprint density at radius 3 is 2.56 bits per heavy atom. The zero-order valence-corrected chi connectivity index (χ0v) is 11.0. The number of nitrogens with two attached hydrogens (primary N) is 1. The first-order valence-corrected chi connectivity index (χ1v) is 7.29. The van der Waals surface area contributed by atoms with Gasteiger partial charge in [-0.1, -0.05) is 57.1 Å². The van der Waals surface area contributed by atoms with Gasteiger partial charge in [-0.3, -0.25) is 0 Å². The summed E-state index contributed by atoms with van der Waals surface area (Å²) >= 11 is 0. The Bertz CT molecular complexity index is 196. The van der Waals surface area contributed by atoms with Crippen LogP contribution in [-0.4, -0.2) is 6.04 Å². The molecule has 1 heteroatoms. The Balaban J connectivity index is 2.01. The summed E-state index contributed by atoms with van der Waals surface area (Å²) in [5, 5.41) is 0. The lowest BCUT2D eigenvalue weighted by Crippen LogP contribution is -2.23. The average molecular weight is 223 g/mol. The highest BCUT2D eigenvalue weighted by molar-refractivity contribution is 5.12. The highest BCUT2D eigenvalue weighted by Gasteiger charge is 2.11. The summed E-state index contributed by atoms with van der Waals surface area (Å²) in [5.74, 6) is 0. The van der Waals surface area contributed by atoms with E-state index in [1.54, 1.807) is 5.57 Å². The second-order valence-electron chi connectivity index (χ2n) is 5.19.